The molecule has 0 spiro atoms. The normalized spacial score (nSPS) is 18.6. The highest BCUT2D eigenvalue weighted by Gasteiger charge is 2.19. The van der Waals surface area contributed by atoms with Crippen molar-refractivity contribution in [1.29, 1.82) is 0 Å². The molecule has 0 fully saturated rings. The third-order valence-corrected chi connectivity index (χ3v) is 7.75. The van der Waals surface area contributed by atoms with Gasteiger partial charge in [-0.3, -0.25) is 0 Å². The van der Waals surface area contributed by atoms with E-state index in [2.05, 4.69) is 9.97 Å². The van der Waals surface area contributed by atoms with Crippen LogP contribution in [0.25, 0.3) is 100 Å². The molecule has 0 radical (unpaired) electrons. The van der Waals surface area contributed by atoms with Gasteiger partial charge in [0.05, 0.1) is 34.3 Å². The average Bonchev–Trinajstić information content (AvgIpc) is 3.97. The van der Waals surface area contributed by atoms with Crippen molar-refractivity contribution in [2.45, 2.75) is 0 Å². The van der Waals surface area contributed by atoms with E-state index in [1.54, 1.807) is 0 Å². The molecule has 4 heteroatoms. The van der Waals surface area contributed by atoms with Crippen LogP contribution in [0.1, 0.15) is 34.3 Å². The summed E-state index contributed by atoms with van der Waals surface area (Å²) in [5.41, 5.74) is -6.34. The highest BCUT2D eigenvalue weighted by molar-refractivity contribution is 6.10. The molecule has 0 bridgehead atoms. The van der Waals surface area contributed by atoms with Crippen molar-refractivity contribution in [3.05, 3.63) is 169 Å². The summed E-state index contributed by atoms with van der Waals surface area (Å²) in [6.45, 7) is 0. The highest BCUT2D eigenvalue weighted by atomic mass is 16.3. The number of aromatic nitrogens is 2. The molecule has 0 saturated carbocycles. The van der Waals surface area contributed by atoms with Crippen molar-refractivity contribution < 1.29 is 43.1 Å². The van der Waals surface area contributed by atoms with Crippen LogP contribution < -0.4 is 0 Å². The molecule has 7 aromatic carbocycles. The first-order valence-corrected chi connectivity index (χ1v) is 14.7. The lowest BCUT2D eigenvalue weighted by molar-refractivity contribution is 0.667. The largest absolute Gasteiger partial charge is 0.455 e. The Morgan fingerprint density at radius 1 is 0.420 bits per heavy atom. The van der Waals surface area contributed by atoms with Gasteiger partial charge >= 0.3 is 0 Å². The monoisotopic (exact) mass is 665 g/mol. The summed E-state index contributed by atoms with van der Waals surface area (Å²) >= 11 is 0. The number of benzene rings is 7. The summed E-state index contributed by atoms with van der Waals surface area (Å²) in [7, 11) is 0. The predicted molar refractivity (Wildman–Crippen MR) is 204 cm³/mol. The molecule has 0 aliphatic heterocycles. The molecule has 0 aliphatic carbocycles. The average molecular weight is 666 g/mol. The van der Waals surface area contributed by atoms with E-state index < -0.39 is 213 Å². The van der Waals surface area contributed by atoms with Gasteiger partial charge in [0, 0.05) is 32.8 Å². The lowest BCUT2D eigenvalue weighted by Gasteiger charge is -2.09. The molecule has 0 atom stereocenters. The van der Waals surface area contributed by atoms with Gasteiger partial charge in [-0.2, -0.15) is 0 Å². The van der Waals surface area contributed by atoms with E-state index in [1.807, 2.05) is 0 Å². The first-order chi connectivity index (χ1) is 35.2. The Labute approximate surface area is 323 Å². The van der Waals surface area contributed by atoms with E-state index in [-0.39, 0.29) is 38.4 Å². The number of hydrogen-bond donors (Lipinski definition) is 0. The van der Waals surface area contributed by atoms with E-state index in [4.69, 9.17) is 40.4 Å². The molecule has 10 rings (SSSR count). The van der Waals surface area contributed by atoms with Crippen molar-refractivity contribution in [2.75, 3.05) is 0 Å². The molecule has 234 valence electrons. The van der Waals surface area contributed by atoms with Gasteiger partial charge in [-0.25, -0.2) is 9.97 Å². The molecule has 10 aromatic rings. The van der Waals surface area contributed by atoms with E-state index in [9.17, 15) is 2.74 Å². The molecule has 50 heavy (non-hydrogen) atoms. The molecule has 0 unspecified atom stereocenters. The summed E-state index contributed by atoms with van der Waals surface area (Å²) in [6.07, 6.45) is 0. The van der Waals surface area contributed by atoms with Gasteiger partial charge in [0.1, 0.15) is 28.0 Å². The Morgan fingerprint density at radius 3 is 1.82 bits per heavy atom. The van der Waals surface area contributed by atoms with Crippen LogP contribution in [-0.2, 0) is 0 Å². The Kier molecular flexibility index (Phi) is 2.95. The number of furan rings is 2. The standard InChI is InChI=1S/C46H28N2O2/c1-3-12-29(13-4-1)42-45-43(48-46(47-42)30-14-5-2-6-15-30)39-28-34(24-25-41(39)50-45)32-17-9-16-31(26-32)33-18-10-19-35(27-33)36-21-11-22-38-37-20-7-8-23-40(37)49-44(36)38/h1-28H/i1D,2D,3D,4D,5D,6D,7D,8D,9D,10D,11D,12D,13D,14D,15D,16D,17D,18D,19D,20D,21D,22D,23D,26D,27D. The molecule has 4 nitrogen and oxygen atoms in total. The fourth-order valence-electron chi connectivity index (χ4n) is 5.52. The molecule has 0 N–H and O–H groups in total. The summed E-state index contributed by atoms with van der Waals surface area (Å²) in [5.74, 6) is -0.565. The summed E-state index contributed by atoms with van der Waals surface area (Å²) in [4.78, 5) is 8.96. The quantitative estimate of drug-likeness (QED) is 0.184. The van der Waals surface area contributed by atoms with Crippen LogP contribution in [0.5, 0.6) is 0 Å². The fraction of sp³-hybridized carbons (Fsp3) is 0. The summed E-state index contributed by atoms with van der Waals surface area (Å²) in [5, 5.41) is -0.757. The zero-order valence-electron chi connectivity index (χ0n) is 49.9. The number of fused-ring (bicyclic) bond motifs is 6. The highest BCUT2D eigenvalue weighted by Crippen LogP contribution is 2.39. The van der Waals surface area contributed by atoms with Crippen LogP contribution in [0, 0.1) is 0 Å². The molecular formula is C46H28N2O2. The second-order valence-corrected chi connectivity index (χ2v) is 10.6. The molecule has 3 aromatic heterocycles. The number of nitrogens with zero attached hydrogens (tertiary/aromatic N) is 2. The topological polar surface area (TPSA) is 52.1 Å². The van der Waals surface area contributed by atoms with E-state index in [0.717, 1.165) is 0 Å². The van der Waals surface area contributed by atoms with E-state index >= 15 is 0 Å². The first kappa shape index (κ1) is 12.9. The zero-order chi connectivity index (χ0) is 54.8. The minimum Gasteiger partial charge on any atom is -0.455 e. The van der Waals surface area contributed by atoms with E-state index in [1.165, 1.54) is 18.2 Å². The van der Waals surface area contributed by atoms with Gasteiger partial charge in [-0.15, -0.1) is 0 Å². The summed E-state index contributed by atoms with van der Waals surface area (Å²) in [6, 6.07) is -15.8. The third-order valence-electron chi connectivity index (χ3n) is 7.75. The second-order valence-electron chi connectivity index (χ2n) is 10.6. The number of para-hydroxylation sites is 2. The van der Waals surface area contributed by atoms with Gasteiger partial charge in [0.15, 0.2) is 11.4 Å². The van der Waals surface area contributed by atoms with Crippen molar-refractivity contribution in [2.24, 2.45) is 0 Å². The number of rotatable bonds is 5. The Hall–Kier alpha value is -6.78. The SMILES string of the molecule is [2H]c1c([2H])c([2H])c(-c2nc(-c3c([2H])c([2H])c([2H])c([2H])c3[2H])c3oc4ccc(-c5c([2H])c([2H])c([2H])c(-c6c([2H])c([2H])c([2H])c(-c7c([2H])c([2H])c([2H])c8c7oc7c([2H])c([2H])c([2H])c([2H])c78)c6[2H])c5[2H])cc4c3n2)c([2H])c1[2H]. The van der Waals surface area contributed by atoms with Crippen molar-refractivity contribution in [1.82, 2.24) is 9.97 Å². The van der Waals surface area contributed by atoms with Crippen LogP contribution in [0.15, 0.2) is 178 Å². The van der Waals surface area contributed by atoms with Gasteiger partial charge in [-0.05, 0) is 58.1 Å². The van der Waals surface area contributed by atoms with Gasteiger partial charge in [0.2, 0.25) is 0 Å². The number of hydrogen-bond acceptors (Lipinski definition) is 4. The fourth-order valence-corrected chi connectivity index (χ4v) is 5.52. The third kappa shape index (κ3) is 4.69. The molecule has 3 heterocycles. The lowest BCUT2D eigenvalue weighted by Crippen LogP contribution is -1.93. The second kappa shape index (κ2) is 11.4. The summed E-state index contributed by atoms with van der Waals surface area (Å²) < 4.78 is 230. The van der Waals surface area contributed by atoms with Crippen LogP contribution in [0.3, 0.4) is 0 Å². The predicted octanol–water partition coefficient (Wildman–Crippen LogP) is 12.6. The van der Waals surface area contributed by atoms with Crippen LogP contribution in [0.4, 0.5) is 0 Å². The van der Waals surface area contributed by atoms with Crippen molar-refractivity contribution >= 4 is 44.0 Å². The first-order valence-electron chi connectivity index (χ1n) is 27.2. The molecule has 0 aliphatic rings. The Bertz CT molecular complexity index is 4260. The van der Waals surface area contributed by atoms with Crippen molar-refractivity contribution in [3.63, 3.8) is 0 Å². The molecule has 0 saturated heterocycles. The van der Waals surface area contributed by atoms with Gasteiger partial charge in [-0.1, -0.05) is 139 Å². The lowest BCUT2D eigenvalue weighted by atomic mass is 9.95. The minimum atomic E-state index is -0.942. The maximum Gasteiger partial charge on any atom is 0.180 e. The minimum absolute atomic E-state index is 0.0192. The Morgan fingerprint density at radius 2 is 1.02 bits per heavy atom. The smallest absolute Gasteiger partial charge is 0.180 e. The van der Waals surface area contributed by atoms with Crippen LogP contribution in [-0.4, -0.2) is 9.97 Å². The molecular weight excluding hydrogens is 613 g/mol. The molecule has 0 amide bonds. The van der Waals surface area contributed by atoms with E-state index in [0.29, 0.717) is 0 Å². The Balaban J connectivity index is 1.27. The van der Waals surface area contributed by atoms with Gasteiger partial charge < -0.3 is 8.83 Å². The maximum absolute atomic E-state index is 9.60. The maximum atomic E-state index is 9.60. The van der Waals surface area contributed by atoms with Crippen LogP contribution >= 0.6 is 0 Å². The van der Waals surface area contributed by atoms with Crippen LogP contribution in [0.2, 0.25) is 0 Å². The van der Waals surface area contributed by atoms with Gasteiger partial charge in [0.25, 0.3) is 0 Å². The van der Waals surface area contributed by atoms with Crippen molar-refractivity contribution in [3.8, 4) is 56.0 Å². The zero-order valence-corrected chi connectivity index (χ0v) is 24.9.